The predicted octanol–water partition coefficient (Wildman–Crippen LogP) is 3.99. The zero-order valence-corrected chi connectivity index (χ0v) is 14.3. The quantitative estimate of drug-likeness (QED) is 0.753. The Balaban J connectivity index is 1.71. The van der Waals surface area contributed by atoms with Crippen molar-refractivity contribution in [3.05, 3.63) is 71.2 Å². The van der Waals surface area contributed by atoms with Gasteiger partial charge in [0.2, 0.25) is 11.8 Å². The normalized spacial score (nSPS) is 10.3. The molecule has 6 heteroatoms. The van der Waals surface area contributed by atoms with Crippen LogP contribution >= 0.6 is 11.6 Å². The maximum Gasteiger partial charge on any atom is 0.233 e. The Labute approximate surface area is 150 Å². The van der Waals surface area contributed by atoms with Crippen LogP contribution in [0.3, 0.4) is 0 Å². The average molecular weight is 354 g/mol. The van der Waals surface area contributed by atoms with Gasteiger partial charge in [-0.1, -0.05) is 35.9 Å². The third-order valence-electron chi connectivity index (χ3n) is 3.55. The standard InChI is InChI=1S/C19H16ClN3O2/c1-25-19-9-8-17(22-23-19)14-5-3-7-16(12-14)21-18(24)11-13-4-2-6-15(20)10-13/h2-10,12H,11H2,1H3,(H,21,24). The molecular weight excluding hydrogens is 338 g/mol. The molecule has 1 amide bonds. The number of nitrogens with zero attached hydrogens (tertiary/aromatic N) is 2. The largest absolute Gasteiger partial charge is 0.480 e. The number of nitrogens with one attached hydrogen (secondary N) is 1. The second-order valence-corrected chi connectivity index (χ2v) is 5.83. The monoisotopic (exact) mass is 353 g/mol. The van der Waals surface area contributed by atoms with Crippen LogP contribution in [0.5, 0.6) is 5.88 Å². The number of ether oxygens (including phenoxy) is 1. The van der Waals surface area contributed by atoms with E-state index in [0.29, 0.717) is 22.3 Å². The molecule has 2 aromatic carbocycles. The van der Waals surface area contributed by atoms with Crippen LogP contribution in [0.4, 0.5) is 5.69 Å². The van der Waals surface area contributed by atoms with Crippen LogP contribution in [0.2, 0.25) is 5.02 Å². The fourth-order valence-corrected chi connectivity index (χ4v) is 2.59. The molecule has 0 fully saturated rings. The summed E-state index contributed by atoms with van der Waals surface area (Å²) in [6.07, 6.45) is 0.257. The molecule has 0 aliphatic heterocycles. The highest BCUT2D eigenvalue weighted by molar-refractivity contribution is 6.30. The molecule has 1 heterocycles. The van der Waals surface area contributed by atoms with E-state index < -0.39 is 0 Å². The molecule has 0 radical (unpaired) electrons. The first-order valence-corrected chi connectivity index (χ1v) is 8.04. The van der Waals surface area contributed by atoms with Gasteiger partial charge in [-0.3, -0.25) is 4.79 Å². The minimum atomic E-state index is -0.111. The number of hydrogen-bond donors (Lipinski definition) is 1. The van der Waals surface area contributed by atoms with Gasteiger partial charge in [0.25, 0.3) is 0 Å². The zero-order valence-electron chi connectivity index (χ0n) is 13.6. The van der Waals surface area contributed by atoms with Gasteiger partial charge in [0.15, 0.2) is 0 Å². The second kappa shape index (κ2) is 7.77. The number of amides is 1. The summed E-state index contributed by atoms with van der Waals surface area (Å²) in [5, 5.41) is 11.6. The number of benzene rings is 2. The van der Waals surface area contributed by atoms with Crippen molar-refractivity contribution in [2.24, 2.45) is 0 Å². The highest BCUT2D eigenvalue weighted by Gasteiger charge is 2.07. The summed E-state index contributed by atoms with van der Waals surface area (Å²) in [5.41, 5.74) is 3.12. The van der Waals surface area contributed by atoms with Crippen molar-refractivity contribution >= 4 is 23.2 Å². The van der Waals surface area contributed by atoms with E-state index in [1.165, 1.54) is 0 Å². The summed E-state index contributed by atoms with van der Waals surface area (Å²) in [4.78, 5) is 12.2. The molecule has 0 saturated carbocycles. The number of hydrogen-bond acceptors (Lipinski definition) is 4. The maximum absolute atomic E-state index is 12.2. The lowest BCUT2D eigenvalue weighted by Gasteiger charge is -2.08. The van der Waals surface area contributed by atoms with E-state index in [1.54, 1.807) is 25.3 Å². The first kappa shape index (κ1) is 16.9. The van der Waals surface area contributed by atoms with Crippen molar-refractivity contribution in [1.29, 1.82) is 0 Å². The number of methoxy groups -OCH3 is 1. The van der Waals surface area contributed by atoms with Gasteiger partial charge in [-0.2, -0.15) is 0 Å². The van der Waals surface area contributed by atoms with Gasteiger partial charge < -0.3 is 10.1 Å². The Bertz CT molecular complexity index is 882. The first-order chi connectivity index (χ1) is 12.1. The van der Waals surface area contributed by atoms with Crippen LogP contribution in [0.25, 0.3) is 11.3 Å². The summed E-state index contributed by atoms with van der Waals surface area (Å²) >= 11 is 5.95. The lowest BCUT2D eigenvalue weighted by atomic mass is 10.1. The number of carbonyl (C=O) groups excluding carboxylic acids is 1. The third kappa shape index (κ3) is 4.55. The molecule has 5 nitrogen and oxygen atoms in total. The Morgan fingerprint density at radius 3 is 2.64 bits per heavy atom. The van der Waals surface area contributed by atoms with Crippen molar-refractivity contribution < 1.29 is 9.53 Å². The van der Waals surface area contributed by atoms with E-state index in [-0.39, 0.29) is 12.3 Å². The lowest BCUT2D eigenvalue weighted by Crippen LogP contribution is -2.14. The second-order valence-electron chi connectivity index (χ2n) is 5.40. The molecule has 0 unspecified atom stereocenters. The van der Waals surface area contributed by atoms with Gasteiger partial charge in [-0.25, -0.2) is 0 Å². The molecule has 0 aliphatic carbocycles. The average Bonchev–Trinajstić information content (AvgIpc) is 2.62. The topological polar surface area (TPSA) is 64.1 Å². The molecule has 3 rings (SSSR count). The van der Waals surface area contributed by atoms with Crippen LogP contribution in [0.15, 0.2) is 60.7 Å². The third-order valence-corrected chi connectivity index (χ3v) is 3.78. The minimum absolute atomic E-state index is 0.111. The predicted molar refractivity (Wildman–Crippen MR) is 97.8 cm³/mol. The fraction of sp³-hybridized carbons (Fsp3) is 0.105. The molecule has 1 N–H and O–H groups in total. The summed E-state index contributed by atoms with van der Waals surface area (Å²) in [6.45, 7) is 0. The number of anilines is 1. The van der Waals surface area contributed by atoms with Gasteiger partial charge in [0, 0.05) is 22.3 Å². The van der Waals surface area contributed by atoms with E-state index in [1.807, 2.05) is 42.5 Å². The van der Waals surface area contributed by atoms with E-state index in [9.17, 15) is 4.79 Å². The number of carbonyl (C=O) groups is 1. The number of rotatable bonds is 5. The molecule has 0 aliphatic rings. The molecule has 0 atom stereocenters. The Morgan fingerprint density at radius 2 is 1.92 bits per heavy atom. The van der Waals surface area contributed by atoms with Crippen molar-refractivity contribution in [2.45, 2.75) is 6.42 Å². The van der Waals surface area contributed by atoms with Crippen molar-refractivity contribution in [1.82, 2.24) is 10.2 Å². The summed E-state index contributed by atoms with van der Waals surface area (Å²) in [6, 6.07) is 18.3. The number of aromatic nitrogens is 2. The molecule has 0 saturated heterocycles. The Kier molecular flexibility index (Phi) is 5.26. The highest BCUT2D eigenvalue weighted by atomic mass is 35.5. The van der Waals surface area contributed by atoms with E-state index in [4.69, 9.17) is 16.3 Å². The summed E-state index contributed by atoms with van der Waals surface area (Å²) in [7, 11) is 1.54. The first-order valence-electron chi connectivity index (χ1n) is 7.66. The molecule has 0 spiro atoms. The Hall–Kier alpha value is -2.92. The molecule has 126 valence electrons. The minimum Gasteiger partial charge on any atom is -0.480 e. The van der Waals surface area contributed by atoms with Crippen LogP contribution in [0, 0.1) is 0 Å². The van der Waals surface area contributed by atoms with Crippen molar-refractivity contribution in [2.75, 3.05) is 12.4 Å². The zero-order chi connectivity index (χ0) is 17.6. The summed E-state index contributed by atoms with van der Waals surface area (Å²) < 4.78 is 5.01. The smallest absolute Gasteiger partial charge is 0.233 e. The van der Waals surface area contributed by atoms with Gasteiger partial charge in [-0.15, -0.1) is 10.2 Å². The maximum atomic E-state index is 12.2. The molecule has 25 heavy (non-hydrogen) atoms. The highest BCUT2D eigenvalue weighted by Crippen LogP contribution is 2.21. The van der Waals surface area contributed by atoms with E-state index in [0.717, 1.165) is 11.1 Å². The van der Waals surface area contributed by atoms with Gasteiger partial charge in [-0.05, 0) is 35.9 Å². The van der Waals surface area contributed by atoms with Crippen molar-refractivity contribution in [3.63, 3.8) is 0 Å². The van der Waals surface area contributed by atoms with Crippen LogP contribution in [0.1, 0.15) is 5.56 Å². The van der Waals surface area contributed by atoms with Crippen molar-refractivity contribution in [3.8, 4) is 17.1 Å². The van der Waals surface area contributed by atoms with Crippen LogP contribution in [-0.4, -0.2) is 23.2 Å². The molecule has 1 aromatic heterocycles. The molecule has 0 bridgehead atoms. The summed E-state index contributed by atoms with van der Waals surface area (Å²) in [5.74, 6) is 0.343. The van der Waals surface area contributed by atoms with Gasteiger partial charge >= 0.3 is 0 Å². The Morgan fingerprint density at radius 1 is 1.08 bits per heavy atom. The van der Waals surface area contributed by atoms with Gasteiger partial charge in [0.1, 0.15) is 0 Å². The number of halogens is 1. The molecule has 3 aromatic rings. The van der Waals surface area contributed by atoms with Gasteiger partial charge in [0.05, 0.1) is 19.2 Å². The molecular formula is C19H16ClN3O2. The fourth-order valence-electron chi connectivity index (χ4n) is 2.38. The lowest BCUT2D eigenvalue weighted by molar-refractivity contribution is -0.115. The van der Waals surface area contributed by atoms with Crippen LogP contribution in [-0.2, 0) is 11.2 Å². The van der Waals surface area contributed by atoms with E-state index >= 15 is 0 Å². The van der Waals surface area contributed by atoms with Crippen LogP contribution < -0.4 is 10.1 Å². The SMILES string of the molecule is COc1ccc(-c2cccc(NC(=O)Cc3cccc(Cl)c3)c2)nn1. The van der Waals surface area contributed by atoms with E-state index in [2.05, 4.69) is 15.5 Å².